The molecule has 1 aromatic heterocycles. The molecule has 0 aliphatic heterocycles. The molecule has 0 amide bonds. The van der Waals surface area contributed by atoms with Gasteiger partial charge in [0.15, 0.2) is 10.8 Å². The molecule has 7 heteroatoms. The second-order valence-electron chi connectivity index (χ2n) is 1.92. The van der Waals surface area contributed by atoms with E-state index in [4.69, 9.17) is 5.73 Å². The molecule has 1 rings (SSSR count). The van der Waals surface area contributed by atoms with Crippen molar-refractivity contribution in [3.8, 4) is 0 Å². The van der Waals surface area contributed by atoms with Gasteiger partial charge in [0.25, 0.3) is 6.29 Å². The summed E-state index contributed by atoms with van der Waals surface area (Å²) in [6.07, 6.45) is 1.57. The molecule has 6 nitrogen and oxygen atoms in total. The molecule has 13 heavy (non-hydrogen) atoms. The summed E-state index contributed by atoms with van der Waals surface area (Å²) in [7, 11) is 0. The van der Waals surface area contributed by atoms with Gasteiger partial charge in [-0.05, 0) is 6.92 Å². The van der Waals surface area contributed by atoms with Gasteiger partial charge in [-0.25, -0.2) is 0 Å². The number of nitrogen functional groups attached to an aromatic ring is 1. The molecular formula is C6H7N4O2S. The number of nitrogens with two attached hydrogens (primary N) is 1. The van der Waals surface area contributed by atoms with Gasteiger partial charge >= 0.3 is 0 Å². The lowest BCUT2D eigenvalue weighted by molar-refractivity contribution is 0.159. The van der Waals surface area contributed by atoms with Crippen molar-refractivity contribution in [3.63, 3.8) is 0 Å². The highest BCUT2D eigenvalue weighted by Crippen LogP contribution is 2.05. The zero-order valence-electron chi connectivity index (χ0n) is 6.85. The lowest BCUT2D eigenvalue weighted by Gasteiger charge is -1.92. The van der Waals surface area contributed by atoms with Crippen LogP contribution >= 0.6 is 11.5 Å². The maximum Gasteiger partial charge on any atom is 0.261 e. The summed E-state index contributed by atoms with van der Waals surface area (Å²) in [6, 6.07) is 0. The summed E-state index contributed by atoms with van der Waals surface area (Å²) in [5, 5.41) is 3.74. The molecule has 0 saturated heterocycles. The van der Waals surface area contributed by atoms with E-state index in [1.54, 1.807) is 13.2 Å². The van der Waals surface area contributed by atoms with Crippen molar-refractivity contribution < 1.29 is 9.63 Å². The Labute approximate surface area is 78.6 Å². The van der Waals surface area contributed by atoms with Crippen molar-refractivity contribution >= 4 is 28.7 Å². The minimum atomic E-state index is -0.0743. The highest BCUT2D eigenvalue weighted by Gasteiger charge is 2.10. The van der Waals surface area contributed by atoms with Crippen LogP contribution in [0.5, 0.6) is 0 Å². The Morgan fingerprint density at radius 1 is 1.85 bits per heavy atom. The van der Waals surface area contributed by atoms with Crippen molar-refractivity contribution in [2.45, 2.75) is 6.92 Å². The van der Waals surface area contributed by atoms with Crippen molar-refractivity contribution in [2.75, 3.05) is 12.3 Å². The Bertz CT molecular complexity index is 322. The van der Waals surface area contributed by atoms with Crippen LogP contribution in [0.15, 0.2) is 5.16 Å². The Balaban J connectivity index is 2.84. The summed E-state index contributed by atoms with van der Waals surface area (Å²) in [6.45, 7) is 2.11. The molecule has 0 aliphatic rings. The second-order valence-corrected chi connectivity index (χ2v) is 2.70. The predicted octanol–water partition coefficient (Wildman–Crippen LogP) is -0.0294. The third-order valence-electron chi connectivity index (χ3n) is 1.04. The van der Waals surface area contributed by atoms with Crippen LogP contribution in [-0.4, -0.2) is 28.0 Å². The number of nitrogens with zero attached hydrogens (tertiary/aromatic N) is 3. The Morgan fingerprint density at radius 2 is 2.62 bits per heavy atom. The maximum atomic E-state index is 10.4. The monoisotopic (exact) mass is 199 g/mol. The number of hydrogen-bond donors (Lipinski definition) is 1. The normalized spacial score (nSPS) is 11.3. The van der Waals surface area contributed by atoms with Crippen molar-refractivity contribution in [3.05, 3.63) is 5.82 Å². The van der Waals surface area contributed by atoms with Crippen molar-refractivity contribution in [2.24, 2.45) is 5.16 Å². The van der Waals surface area contributed by atoms with E-state index in [1.165, 1.54) is 0 Å². The topological polar surface area (TPSA) is 90.5 Å². The second kappa shape index (κ2) is 4.51. The molecule has 0 bridgehead atoms. The standard InChI is InChI=1S/C6H7N4O2S/c1-2-12-9-4(3-11)5-8-6(7)13-10-5/h2H2,1H3,(H2,7,8,10). The van der Waals surface area contributed by atoms with Gasteiger partial charge in [0.2, 0.25) is 5.82 Å². The van der Waals surface area contributed by atoms with Gasteiger partial charge in [-0.2, -0.15) is 9.36 Å². The molecule has 2 N–H and O–H groups in total. The fourth-order valence-electron chi connectivity index (χ4n) is 0.566. The average molecular weight is 199 g/mol. The number of hydrogen-bond acceptors (Lipinski definition) is 7. The van der Waals surface area contributed by atoms with E-state index in [0.717, 1.165) is 11.5 Å². The molecule has 0 saturated carbocycles. The summed E-state index contributed by atoms with van der Waals surface area (Å²) in [4.78, 5) is 18.8. The van der Waals surface area contributed by atoms with Crippen LogP contribution in [0, 0.1) is 0 Å². The summed E-state index contributed by atoms with van der Waals surface area (Å²) in [5.41, 5.74) is 5.24. The zero-order chi connectivity index (χ0) is 9.68. The number of rotatable bonds is 4. The van der Waals surface area contributed by atoms with Crippen molar-refractivity contribution in [1.29, 1.82) is 0 Å². The molecular weight excluding hydrogens is 192 g/mol. The fourth-order valence-corrected chi connectivity index (χ4v) is 1.00. The van der Waals surface area contributed by atoms with Gasteiger partial charge in [0.05, 0.1) is 0 Å². The van der Waals surface area contributed by atoms with E-state index in [2.05, 4.69) is 19.4 Å². The molecule has 0 unspecified atom stereocenters. The van der Waals surface area contributed by atoms with Crippen LogP contribution in [0.2, 0.25) is 0 Å². The van der Waals surface area contributed by atoms with Crippen LogP contribution in [0.1, 0.15) is 12.7 Å². The number of anilines is 1. The molecule has 69 valence electrons. The smallest absolute Gasteiger partial charge is 0.261 e. The number of aromatic nitrogens is 2. The average Bonchev–Trinajstić information content (AvgIpc) is 2.54. The molecule has 0 aromatic carbocycles. The third-order valence-corrected chi connectivity index (χ3v) is 1.58. The minimum absolute atomic E-state index is 0.0743. The van der Waals surface area contributed by atoms with E-state index in [1.807, 2.05) is 0 Å². The molecule has 0 atom stereocenters. The van der Waals surface area contributed by atoms with E-state index >= 15 is 0 Å². The fraction of sp³-hybridized carbons (Fsp3) is 0.333. The van der Waals surface area contributed by atoms with E-state index in [0.29, 0.717) is 6.61 Å². The van der Waals surface area contributed by atoms with E-state index in [-0.39, 0.29) is 16.7 Å². The number of oxime groups is 1. The lowest BCUT2D eigenvalue weighted by Crippen LogP contribution is -2.06. The summed E-state index contributed by atoms with van der Waals surface area (Å²) >= 11 is 0.983. The third kappa shape index (κ3) is 2.48. The molecule has 0 spiro atoms. The molecule has 1 aromatic rings. The first-order chi connectivity index (χ1) is 6.27. The van der Waals surface area contributed by atoms with Crippen LogP contribution in [-0.2, 0) is 9.63 Å². The quantitative estimate of drug-likeness (QED) is 0.543. The van der Waals surface area contributed by atoms with Gasteiger partial charge < -0.3 is 10.6 Å². The van der Waals surface area contributed by atoms with Gasteiger partial charge in [-0.1, -0.05) is 5.16 Å². The Kier molecular flexibility index (Phi) is 3.32. The van der Waals surface area contributed by atoms with Crippen LogP contribution in [0.3, 0.4) is 0 Å². The summed E-state index contributed by atoms with van der Waals surface area (Å²) < 4.78 is 3.77. The largest absolute Gasteiger partial charge is 0.395 e. The molecule has 0 fully saturated rings. The van der Waals surface area contributed by atoms with E-state index < -0.39 is 0 Å². The Hall–Kier alpha value is -1.50. The first kappa shape index (κ1) is 9.59. The van der Waals surface area contributed by atoms with Crippen LogP contribution in [0.4, 0.5) is 5.13 Å². The maximum absolute atomic E-state index is 10.4. The van der Waals surface area contributed by atoms with Gasteiger partial charge in [-0.3, -0.25) is 4.79 Å². The van der Waals surface area contributed by atoms with Gasteiger partial charge in [-0.15, -0.1) is 0 Å². The van der Waals surface area contributed by atoms with Crippen LogP contribution < -0.4 is 5.73 Å². The minimum Gasteiger partial charge on any atom is -0.395 e. The molecule has 0 aliphatic carbocycles. The Morgan fingerprint density at radius 3 is 3.08 bits per heavy atom. The van der Waals surface area contributed by atoms with Gasteiger partial charge in [0, 0.05) is 11.5 Å². The van der Waals surface area contributed by atoms with Gasteiger partial charge in [0.1, 0.15) is 6.61 Å². The molecule has 1 heterocycles. The predicted molar refractivity (Wildman–Crippen MR) is 48.2 cm³/mol. The first-order valence-corrected chi connectivity index (χ1v) is 4.23. The number of carbonyl (C=O) groups excluding carboxylic acids is 1. The van der Waals surface area contributed by atoms with Crippen molar-refractivity contribution in [1.82, 2.24) is 9.36 Å². The van der Waals surface area contributed by atoms with Crippen LogP contribution in [0.25, 0.3) is 0 Å². The SMILES string of the molecule is CCON=C([C]=O)c1nsc(N)n1. The first-order valence-electron chi connectivity index (χ1n) is 3.45. The highest BCUT2D eigenvalue weighted by atomic mass is 32.1. The summed E-state index contributed by atoms with van der Waals surface area (Å²) in [5.74, 6) is 0.144. The lowest BCUT2D eigenvalue weighted by atomic mass is 10.4. The zero-order valence-corrected chi connectivity index (χ0v) is 7.67. The molecule has 1 radical (unpaired) electrons. The highest BCUT2D eigenvalue weighted by molar-refractivity contribution is 7.09. The van der Waals surface area contributed by atoms with E-state index in [9.17, 15) is 4.79 Å².